The molecule has 0 radical (unpaired) electrons. The third-order valence-electron chi connectivity index (χ3n) is 3.28. The van der Waals surface area contributed by atoms with Crippen molar-refractivity contribution in [2.45, 2.75) is 32.7 Å². The molecule has 2 rings (SSSR count). The lowest BCUT2D eigenvalue weighted by Gasteiger charge is -2.10. The zero-order chi connectivity index (χ0) is 14.5. The zero-order valence-corrected chi connectivity index (χ0v) is 13.2. The van der Waals surface area contributed by atoms with Crippen molar-refractivity contribution in [1.29, 1.82) is 0 Å². The minimum absolute atomic E-state index is 0.0862. The minimum Gasteiger partial charge on any atom is -0.324 e. The first-order valence-electron chi connectivity index (χ1n) is 6.66. The molecule has 0 fully saturated rings. The Morgan fingerprint density at radius 3 is 2.65 bits per heavy atom. The smallest absolute Gasteiger partial charge is 0.246 e. The molecule has 0 bridgehead atoms. The molecular formula is C15H18BrN3O. The van der Waals surface area contributed by atoms with Crippen LogP contribution in [0.25, 0.3) is 0 Å². The van der Waals surface area contributed by atoms with Crippen LogP contribution in [0.2, 0.25) is 0 Å². The van der Waals surface area contributed by atoms with Gasteiger partial charge in [-0.2, -0.15) is 5.10 Å². The van der Waals surface area contributed by atoms with Gasteiger partial charge in [-0.15, -0.1) is 0 Å². The summed E-state index contributed by atoms with van der Waals surface area (Å²) >= 11 is 3.30. The molecule has 0 aliphatic carbocycles. The Morgan fingerprint density at radius 2 is 2.10 bits per heavy atom. The quantitative estimate of drug-likeness (QED) is 0.903. The third-order valence-corrected chi connectivity index (χ3v) is 3.69. The van der Waals surface area contributed by atoms with Crippen LogP contribution in [0, 0.1) is 0 Å². The number of carbonyl (C=O) groups excluding carboxylic acids is 1. The summed E-state index contributed by atoms with van der Waals surface area (Å²) in [6, 6.07) is 8.01. The predicted octanol–water partition coefficient (Wildman–Crippen LogP) is 3.80. The van der Waals surface area contributed by atoms with Gasteiger partial charge in [0.1, 0.15) is 6.54 Å². The highest BCUT2D eigenvalue weighted by Crippen LogP contribution is 2.20. The molecule has 20 heavy (non-hydrogen) atoms. The molecule has 0 aliphatic heterocycles. The number of nitrogens with zero attached hydrogens (tertiary/aromatic N) is 2. The van der Waals surface area contributed by atoms with Crippen LogP contribution in [0.15, 0.2) is 41.1 Å². The molecule has 0 saturated carbocycles. The molecule has 1 atom stereocenters. The maximum Gasteiger partial charge on any atom is 0.246 e. The highest BCUT2D eigenvalue weighted by Gasteiger charge is 2.06. The SMILES string of the molecule is CCC(C)c1ccc(NC(=O)Cn2cc(Br)cn2)cc1. The summed E-state index contributed by atoms with van der Waals surface area (Å²) in [6.45, 7) is 4.57. The van der Waals surface area contributed by atoms with Crippen LogP contribution in [0.1, 0.15) is 31.7 Å². The van der Waals surface area contributed by atoms with Gasteiger partial charge in [-0.05, 0) is 46.0 Å². The van der Waals surface area contributed by atoms with Crippen molar-refractivity contribution in [3.05, 3.63) is 46.7 Å². The predicted molar refractivity (Wildman–Crippen MR) is 83.7 cm³/mol. The molecular weight excluding hydrogens is 318 g/mol. The fourth-order valence-electron chi connectivity index (χ4n) is 1.90. The minimum atomic E-state index is -0.0862. The molecule has 5 heteroatoms. The molecule has 4 nitrogen and oxygen atoms in total. The number of halogens is 1. The summed E-state index contributed by atoms with van der Waals surface area (Å²) in [6.07, 6.45) is 4.54. The molecule has 0 saturated heterocycles. The van der Waals surface area contributed by atoms with Gasteiger partial charge in [0.15, 0.2) is 0 Å². The summed E-state index contributed by atoms with van der Waals surface area (Å²) in [4.78, 5) is 11.9. The van der Waals surface area contributed by atoms with Crippen molar-refractivity contribution in [1.82, 2.24) is 9.78 Å². The van der Waals surface area contributed by atoms with Crippen LogP contribution in [0.5, 0.6) is 0 Å². The van der Waals surface area contributed by atoms with Crippen LogP contribution in [0.3, 0.4) is 0 Å². The molecule has 2 aromatic rings. The molecule has 1 unspecified atom stereocenters. The lowest BCUT2D eigenvalue weighted by molar-refractivity contribution is -0.116. The van der Waals surface area contributed by atoms with Gasteiger partial charge in [0, 0.05) is 11.9 Å². The maximum atomic E-state index is 11.9. The van der Waals surface area contributed by atoms with Gasteiger partial charge in [0.05, 0.1) is 10.7 Å². The second-order valence-corrected chi connectivity index (χ2v) is 5.75. The van der Waals surface area contributed by atoms with Crippen molar-refractivity contribution in [3.63, 3.8) is 0 Å². The van der Waals surface area contributed by atoms with Crippen molar-refractivity contribution in [2.75, 3.05) is 5.32 Å². The highest BCUT2D eigenvalue weighted by molar-refractivity contribution is 9.10. The molecule has 0 spiro atoms. The Morgan fingerprint density at radius 1 is 1.40 bits per heavy atom. The van der Waals surface area contributed by atoms with E-state index in [1.165, 1.54) is 5.56 Å². The number of aromatic nitrogens is 2. The van der Waals surface area contributed by atoms with Gasteiger partial charge in [-0.3, -0.25) is 9.48 Å². The molecule has 0 aliphatic rings. The van der Waals surface area contributed by atoms with Gasteiger partial charge in [0.2, 0.25) is 5.91 Å². The Hall–Kier alpha value is -1.62. The second kappa shape index (κ2) is 6.70. The summed E-state index contributed by atoms with van der Waals surface area (Å²) in [7, 11) is 0. The summed E-state index contributed by atoms with van der Waals surface area (Å²) < 4.78 is 2.45. The Labute approximate surface area is 127 Å². The van der Waals surface area contributed by atoms with E-state index < -0.39 is 0 Å². The van der Waals surface area contributed by atoms with Gasteiger partial charge in [0.25, 0.3) is 0 Å². The molecule has 1 aromatic carbocycles. The standard InChI is InChI=1S/C15H18BrN3O/c1-3-11(2)12-4-6-14(7-5-12)18-15(20)10-19-9-13(16)8-17-19/h4-9,11H,3,10H2,1-2H3,(H,18,20). The van der Waals surface area contributed by atoms with E-state index in [1.54, 1.807) is 17.1 Å². The number of carbonyl (C=O) groups is 1. The Bertz CT molecular complexity index is 577. The zero-order valence-electron chi connectivity index (χ0n) is 11.6. The van der Waals surface area contributed by atoms with E-state index in [-0.39, 0.29) is 12.5 Å². The van der Waals surface area contributed by atoms with Gasteiger partial charge >= 0.3 is 0 Å². The largest absolute Gasteiger partial charge is 0.324 e. The number of hydrogen-bond donors (Lipinski definition) is 1. The van der Waals surface area contributed by atoms with E-state index >= 15 is 0 Å². The highest BCUT2D eigenvalue weighted by atomic mass is 79.9. The van der Waals surface area contributed by atoms with Crippen molar-refractivity contribution in [3.8, 4) is 0 Å². The number of nitrogens with one attached hydrogen (secondary N) is 1. The Kier molecular flexibility index (Phi) is 4.95. The Balaban J connectivity index is 1.94. The van der Waals surface area contributed by atoms with E-state index in [9.17, 15) is 4.79 Å². The van der Waals surface area contributed by atoms with Crippen molar-refractivity contribution >= 4 is 27.5 Å². The molecule has 1 amide bonds. The first kappa shape index (κ1) is 14.8. The number of rotatable bonds is 5. The van der Waals surface area contributed by atoms with Crippen molar-refractivity contribution < 1.29 is 4.79 Å². The fraction of sp³-hybridized carbons (Fsp3) is 0.333. The normalized spacial score (nSPS) is 12.2. The van der Waals surface area contributed by atoms with E-state index in [4.69, 9.17) is 0 Å². The van der Waals surface area contributed by atoms with Crippen LogP contribution in [-0.4, -0.2) is 15.7 Å². The summed E-state index contributed by atoms with van der Waals surface area (Å²) in [5.41, 5.74) is 2.11. The average molecular weight is 336 g/mol. The number of hydrogen-bond acceptors (Lipinski definition) is 2. The first-order chi connectivity index (χ1) is 9.58. The van der Waals surface area contributed by atoms with Gasteiger partial charge in [-0.1, -0.05) is 26.0 Å². The average Bonchev–Trinajstić information content (AvgIpc) is 2.84. The van der Waals surface area contributed by atoms with E-state index in [0.29, 0.717) is 5.92 Å². The maximum absolute atomic E-state index is 11.9. The number of benzene rings is 1. The summed E-state index contributed by atoms with van der Waals surface area (Å²) in [5.74, 6) is 0.457. The lowest BCUT2D eigenvalue weighted by atomic mass is 9.99. The second-order valence-electron chi connectivity index (χ2n) is 4.84. The fourth-order valence-corrected chi connectivity index (χ4v) is 2.23. The third kappa shape index (κ3) is 3.93. The van der Waals surface area contributed by atoms with Gasteiger partial charge in [-0.25, -0.2) is 0 Å². The molecule has 106 valence electrons. The first-order valence-corrected chi connectivity index (χ1v) is 7.45. The summed E-state index contributed by atoms with van der Waals surface area (Å²) in [5, 5.41) is 6.92. The van der Waals surface area contributed by atoms with Gasteiger partial charge < -0.3 is 5.32 Å². The van der Waals surface area contributed by atoms with Crippen molar-refractivity contribution in [2.24, 2.45) is 0 Å². The van der Waals surface area contributed by atoms with Crippen LogP contribution < -0.4 is 5.32 Å². The number of anilines is 1. The van der Waals surface area contributed by atoms with Crippen LogP contribution in [-0.2, 0) is 11.3 Å². The number of amides is 1. The molecule has 1 aromatic heterocycles. The van der Waals surface area contributed by atoms with Crippen LogP contribution >= 0.6 is 15.9 Å². The molecule has 1 heterocycles. The lowest BCUT2D eigenvalue weighted by Crippen LogP contribution is -2.18. The van der Waals surface area contributed by atoms with Crippen LogP contribution in [0.4, 0.5) is 5.69 Å². The monoisotopic (exact) mass is 335 g/mol. The van der Waals surface area contributed by atoms with E-state index in [1.807, 2.05) is 12.1 Å². The topological polar surface area (TPSA) is 46.9 Å². The molecule has 1 N–H and O–H groups in total. The van der Waals surface area contributed by atoms with E-state index in [2.05, 4.69) is 52.3 Å². The van der Waals surface area contributed by atoms with E-state index in [0.717, 1.165) is 16.6 Å².